The first kappa shape index (κ1) is 14.0. The molecule has 3 nitrogen and oxygen atoms in total. The van der Waals surface area contributed by atoms with Crippen molar-refractivity contribution in [3.63, 3.8) is 0 Å². The number of nitrogens with one attached hydrogen (secondary N) is 1. The molecule has 2 heterocycles. The zero-order valence-corrected chi connectivity index (χ0v) is 13.2. The average Bonchev–Trinajstić information content (AvgIpc) is 3.00. The van der Waals surface area contributed by atoms with Crippen molar-refractivity contribution in [1.29, 1.82) is 0 Å². The Morgan fingerprint density at radius 1 is 1.29 bits per heavy atom. The number of thiophene rings is 1. The summed E-state index contributed by atoms with van der Waals surface area (Å²) in [6.45, 7) is 2.10. The maximum absolute atomic E-state index is 5.85. The lowest BCUT2D eigenvalue weighted by Gasteiger charge is -2.16. The summed E-state index contributed by atoms with van der Waals surface area (Å²) in [7, 11) is 0. The quantitative estimate of drug-likeness (QED) is 0.712. The molecule has 0 fully saturated rings. The average molecular weight is 313 g/mol. The normalized spacial score (nSPS) is 12.2. The molecule has 0 saturated heterocycles. The van der Waals surface area contributed by atoms with E-state index in [4.69, 9.17) is 18.0 Å². The summed E-state index contributed by atoms with van der Waals surface area (Å²) < 4.78 is 0. The second-order valence-corrected chi connectivity index (χ2v) is 6.24. The molecule has 0 saturated carbocycles. The van der Waals surface area contributed by atoms with E-state index in [9.17, 15) is 0 Å². The predicted molar refractivity (Wildman–Crippen MR) is 94.0 cm³/mol. The van der Waals surface area contributed by atoms with Gasteiger partial charge in [0.05, 0.1) is 17.1 Å². The van der Waals surface area contributed by atoms with Gasteiger partial charge in [-0.3, -0.25) is 0 Å². The number of hydrogen-bond acceptors (Lipinski definition) is 4. The maximum Gasteiger partial charge on any atom is 0.137 e. The molecule has 106 valence electrons. The second kappa shape index (κ2) is 5.79. The number of fused-ring (bicyclic) bond motifs is 1. The number of hydrogen-bond donors (Lipinski definition) is 2. The molecule has 1 aromatic carbocycles. The van der Waals surface area contributed by atoms with E-state index >= 15 is 0 Å². The van der Waals surface area contributed by atoms with Gasteiger partial charge in [-0.2, -0.15) is 0 Å². The largest absolute Gasteiger partial charge is 0.389 e. The fourth-order valence-corrected chi connectivity index (χ4v) is 3.12. The number of rotatable bonds is 4. The third-order valence-corrected chi connectivity index (χ3v) is 4.59. The van der Waals surface area contributed by atoms with Crippen LogP contribution in [0.4, 0.5) is 5.82 Å². The van der Waals surface area contributed by atoms with Gasteiger partial charge >= 0.3 is 0 Å². The zero-order chi connectivity index (χ0) is 14.8. The highest BCUT2D eigenvalue weighted by atomic mass is 32.1. The van der Waals surface area contributed by atoms with Crippen LogP contribution in [-0.2, 0) is 0 Å². The van der Waals surface area contributed by atoms with Crippen molar-refractivity contribution in [3.8, 4) is 0 Å². The van der Waals surface area contributed by atoms with E-state index in [1.54, 1.807) is 11.3 Å². The van der Waals surface area contributed by atoms with Gasteiger partial charge in [0.2, 0.25) is 0 Å². The van der Waals surface area contributed by atoms with Crippen molar-refractivity contribution < 1.29 is 0 Å². The van der Waals surface area contributed by atoms with Crippen molar-refractivity contribution in [1.82, 2.24) is 4.98 Å². The maximum atomic E-state index is 5.85. The molecular weight excluding hydrogens is 298 g/mol. The molecule has 1 unspecified atom stereocenters. The van der Waals surface area contributed by atoms with Gasteiger partial charge in [0, 0.05) is 10.3 Å². The van der Waals surface area contributed by atoms with Crippen LogP contribution < -0.4 is 11.1 Å². The number of anilines is 1. The van der Waals surface area contributed by atoms with Crippen LogP contribution in [0.15, 0.2) is 47.8 Å². The second-order valence-electron chi connectivity index (χ2n) is 4.82. The molecular formula is C16H15N3S2. The topological polar surface area (TPSA) is 50.9 Å². The first-order valence-corrected chi connectivity index (χ1v) is 7.93. The Morgan fingerprint density at radius 2 is 2.10 bits per heavy atom. The number of benzene rings is 1. The molecule has 1 atom stereocenters. The fraction of sp³-hybridized carbons (Fsp3) is 0.125. The van der Waals surface area contributed by atoms with Gasteiger partial charge in [0.1, 0.15) is 10.8 Å². The van der Waals surface area contributed by atoms with Crippen LogP contribution in [-0.4, -0.2) is 9.97 Å². The van der Waals surface area contributed by atoms with Gasteiger partial charge in [-0.25, -0.2) is 4.98 Å². The number of pyridine rings is 1. The van der Waals surface area contributed by atoms with Gasteiger partial charge in [-0.15, -0.1) is 11.3 Å². The Bertz CT molecular complexity index is 781. The summed E-state index contributed by atoms with van der Waals surface area (Å²) in [4.78, 5) is 6.28. The highest BCUT2D eigenvalue weighted by Gasteiger charge is 2.13. The summed E-state index contributed by atoms with van der Waals surface area (Å²) in [6, 6.07) is 14.2. The molecule has 5 heteroatoms. The highest BCUT2D eigenvalue weighted by molar-refractivity contribution is 7.80. The molecule has 0 radical (unpaired) electrons. The monoisotopic (exact) mass is 313 g/mol. The minimum atomic E-state index is 0.159. The van der Waals surface area contributed by atoms with E-state index in [0.29, 0.717) is 4.99 Å². The van der Waals surface area contributed by atoms with E-state index in [-0.39, 0.29) is 6.04 Å². The number of para-hydroxylation sites is 1. The molecule has 3 rings (SSSR count). The third kappa shape index (κ3) is 2.89. The molecule has 0 aliphatic carbocycles. The Balaban J connectivity index is 2.03. The number of nitrogens with zero attached hydrogens (tertiary/aromatic N) is 1. The zero-order valence-electron chi connectivity index (χ0n) is 11.5. The van der Waals surface area contributed by atoms with Crippen molar-refractivity contribution in [2.24, 2.45) is 5.73 Å². The summed E-state index contributed by atoms with van der Waals surface area (Å²) in [6.07, 6.45) is 0. The summed E-state index contributed by atoms with van der Waals surface area (Å²) in [5.74, 6) is 0.738. The lowest BCUT2D eigenvalue weighted by Crippen LogP contribution is -2.16. The van der Waals surface area contributed by atoms with Crippen LogP contribution in [0.2, 0.25) is 0 Å². The molecule has 21 heavy (non-hydrogen) atoms. The van der Waals surface area contributed by atoms with Crippen LogP contribution in [0.25, 0.3) is 10.9 Å². The summed E-state index contributed by atoms with van der Waals surface area (Å²) in [5.41, 5.74) is 7.57. The van der Waals surface area contributed by atoms with E-state index in [1.807, 2.05) is 36.4 Å². The number of aromatic nitrogens is 1. The number of nitrogens with two attached hydrogens (primary N) is 1. The van der Waals surface area contributed by atoms with Gasteiger partial charge in [0.25, 0.3) is 0 Å². The van der Waals surface area contributed by atoms with E-state index in [1.165, 1.54) is 4.88 Å². The minimum absolute atomic E-state index is 0.159. The number of thiocarbonyl (C=S) groups is 1. The van der Waals surface area contributed by atoms with Crippen LogP contribution >= 0.6 is 23.6 Å². The highest BCUT2D eigenvalue weighted by Crippen LogP contribution is 2.26. The van der Waals surface area contributed by atoms with Crippen molar-refractivity contribution in [3.05, 3.63) is 58.3 Å². The Labute approximate surface area is 132 Å². The lowest BCUT2D eigenvalue weighted by atomic mass is 10.1. The van der Waals surface area contributed by atoms with Crippen molar-refractivity contribution in [2.45, 2.75) is 13.0 Å². The van der Waals surface area contributed by atoms with Crippen LogP contribution in [0.1, 0.15) is 23.4 Å². The molecule has 3 aromatic rings. The molecule has 0 amide bonds. The Hall–Kier alpha value is -1.98. The van der Waals surface area contributed by atoms with Crippen LogP contribution in [0.3, 0.4) is 0 Å². The van der Waals surface area contributed by atoms with E-state index < -0.39 is 0 Å². The summed E-state index contributed by atoms with van der Waals surface area (Å²) in [5, 5.41) is 6.52. The third-order valence-electron chi connectivity index (χ3n) is 3.31. The Kier molecular flexibility index (Phi) is 3.86. The minimum Gasteiger partial charge on any atom is -0.389 e. The first-order valence-electron chi connectivity index (χ1n) is 6.64. The fourth-order valence-electron chi connectivity index (χ4n) is 2.23. The van der Waals surface area contributed by atoms with Crippen LogP contribution in [0.5, 0.6) is 0 Å². The predicted octanol–water partition coefficient (Wildman–Crippen LogP) is 4.10. The van der Waals surface area contributed by atoms with Crippen molar-refractivity contribution >= 4 is 45.3 Å². The smallest absolute Gasteiger partial charge is 0.137 e. The van der Waals surface area contributed by atoms with Gasteiger partial charge < -0.3 is 11.1 Å². The first-order chi connectivity index (χ1) is 10.1. The molecule has 0 bridgehead atoms. The molecule has 0 spiro atoms. The van der Waals surface area contributed by atoms with Gasteiger partial charge in [-0.1, -0.05) is 36.5 Å². The molecule has 0 aliphatic heterocycles. The van der Waals surface area contributed by atoms with Gasteiger partial charge in [0.15, 0.2) is 0 Å². The molecule has 3 N–H and O–H groups in total. The van der Waals surface area contributed by atoms with E-state index in [0.717, 1.165) is 22.3 Å². The Morgan fingerprint density at radius 3 is 2.81 bits per heavy atom. The van der Waals surface area contributed by atoms with E-state index in [2.05, 4.69) is 28.7 Å². The van der Waals surface area contributed by atoms with Crippen LogP contribution in [0, 0.1) is 0 Å². The SMILES string of the molecule is CC(Nc1nc2ccccc2cc1C(N)=S)c1cccs1. The summed E-state index contributed by atoms with van der Waals surface area (Å²) >= 11 is 6.88. The standard InChI is InChI=1S/C16H15N3S2/c1-10(14-7-4-8-21-14)18-16-12(15(17)20)9-11-5-2-3-6-13(11)19-16/h2-10H,1H3,(H2,17,20)(H,18,19). The van der Waals surface area contributed by atoms with Gasteiger partial charge in [-0.05, 0) is 30.5 Å². The molecule has 2 aromatic heterocycles. The van der Waals surface area contributed by atoms with Crippen molar-refractivity contribution in [2.75, 3.05) is 5.32 Å². The lowest BCUT2D eigenvalue weighted by molar-refractivity contribution is 0.898. The molecule has 0 aliphatic rings.